The van der Waals surface area contributed by atoms with Gasteiger partial charge in [-0.05, 0) is 24.0 Å². The maximum Gasteiger partial charge on any atom is 0.0481 e. The third-order valence-electron chi connectivity index (χ3n) is 3.78. The standard InChI is InChI=1S/C16H24N2O/c1-12(2)15(8-9-19)17-10-13-11-18(3)16-7-5-4-6-14(13)16/h4-7,11-12,15,17,19H,8-10H2,1-3H3. The van der Waals surface area contributed by atoms with E-state index in [0.29, 0.717) is 12.0 Å². The summed E-state index contributed by atoms with van der Waals surface area (Å²) in [5, 5.41) is 14.0. The monoisotopic (exact) mass is 260 g/mol. The molecule has 0 aliphatic rings. The topological polar surface area (TPSA) is 37.2 Å². The Morgan fingerprint density at radius 1 is 1.26 bits per heavy atom. The molecule has 0 saturated carbocycles. The van der Waals surface area contributed by atoms with Crippen molar-refractivity contribution in [3.8, 4) is 0 Å². The number of hydrogen-bond acceptors (Lipinski definition) is 2. The first-order valence-corrected chi connectivity index (χ1v) is 7.00. The summed E-state index contributed by atoms with van der Waals surface area (Å²) in [6.45, 7) is 5.47. The van der Waals surface area contributed by atoms with Crippen LogP contribution < -0.4 is 5.32 Å². The number of benzene rings is 1. The first kappa shape index (κ1) is 14.1. The number of nitrogens with zero attached hydrogens (tertiary/aromatic N) is 1. The lowest BCUT2D eigenvalue weighted by atomic mass is 10.0. The Kier molecular flexibility index (Phi) is 4.61. The molecule has 0 aliphatic carbocycles. The van der Waals surface area contributed by atoms with E-state index in [4.69, 9.17) is 5.11 Å². The molecule has 0 aliphatic heterocycles. The summed E-state index contributed by atoms with van der Waals surface area (Å²) in [6, 6.07) is 8.83. The van der Waals surface area contributed by atoms with Crippen molar-refractivity contribution in [3.63, 3.8) is 0 Å². The van der Waals surface area contributed by atoms with E-state index < -0.39 is 0 Å². The predicted octanol–water partition coefficient (Wildman–Crippen LogP) is 2.67. The van der Waals surface area contributed by atoms with Crippen LogP contribution in [-0.2, 0) is 13.6 Å². The van der Waals surface area contributed by atoms with Crippen molar-refractivity contribution in [1.82, 2.24) is 9.88 Å². The van der Waals surface area contributed by atoms with E-state index in [9.17, 15) is 0 Å². The largest absolute Gasteiger partial charge is 0.396 e. The molecule has 19 heavy (non-hydrogen) atoms. The van der Waals surface area contributed by atoms with Crippen LogP contribution >= 0.6 is 0 Å². The van der Waals surface area contributed by atoms with Crippen LogP contribution in [0.3, 0.4) is 0 Å². The molecule has 2 aromatic rings. The lowest BCUT2D eigenvalue weighted by Crippen LogP contribution is -2.34. The van der Waals surface area contributed by atoms with Gasteiger partial charge in [0.1, 0.15) is 0 Å². The summed E-state index contributed by atoms with van der Waals surface area (Å²) in [7, 11) is 2.08. The predicted molar refractivity (Wildman–Crippen MR) is 80.1 cm³/mol. The number of aromatic nitrogens is 1. The van der Waals surface area contributed by atoms with Crippen molar-refractivity contribution in [2.24, 2.45) is 13.0 Å². The van der Waals surface area contributed by atoms with Gasteiger partial charge in [0.05, 0.1) is 0 Å². The molecule has 1 aromatic carbocycles. The van der Waals surface area contributed by atoms with Crippen molar-refractivity contribution in [2.45, 2.75) is 32.9 Å². The number of rotatable bonds is 6. The van der Waals surface area contributed by atoms with E-state index in [1.54, 1.807) is 0 Å². The van der Waals surface area contributed by atoms with E-state index in [-0.39, 0.29) is 6.61 Å². The summed E-state index contributed by atoms with van der Waals surface area (Å²) < 4.78 is 2.17. The number of fused-ring (bicyclic) bond motifs is 1. The number of aliphatic hydroxyl groups is 1. The normalized spacial score (nSPS) is 13.3. The number of aliphatic hydroxyl groups excluding tert-OH is 1. The number of nitrogens with one attached hydrogen (secondary N) is 1. The second-order valence-corrected chi connectivity index (χ2v) is 5.53. The van der Waals surface area contributed by atoms with Gasteiger partial charge >= 0.3 is 0 Å². The Balaban J connectivity index is 2.13. The van der Waals surface area contributed by atoms with Gasteiger partial charge in [-0.2, -0.15) is 0 Å². The maximum atomic E-state index is 9.11. The van der Waals surface area contributed by atoms with Crippen molar-refractivity contribution in [3.05, 3.63) is 36.0 Å². The first-order valence-electron chi connectivity index (χ1n) is 7.00. The molecule has 3 heteroatoms. The van der Waals surface area contributed by atoms with Crippen molar-refractivity contribution >= 4 is 10.9 Å². The van der Waals surface area contributed by atoms with Crippen LogP contribution in [-0.4, -0.2) is 22.3 Å². The van der Waals surface area contributed by atoms with Gasteiger partial charge < -0.3 is 15.0 Å². The van der Waals surface area contributed by atoms with Crippen LogP contribution in [0.15, 0.2) is 30.5 Å². The Bertz CT molecular complexity index is 531. The van der Waals surface area contributed by atoms with E-state index in [1.165, 1.54) is 16.5 Å². The van der Waals surface area contributed by atoms with Crippen LogP contribution in [0.5, 0.6) is 0 Å². The molecule has 2 N–H and O–H groups in total. The van der Waals surface area contributed by atoms with Crippen molar-refractivity contribution in [1.29, 1.82) is 0 Å². The van der Waals surface area contributed by atoms with Crippen LogP contribution in [0.2, 0.25) is 0 Å². The van der Waals surface area contributed by atoms with Crippen LogP contribution in [0.4, 0.5) is 0 Å². The summed E-state index contributed by atoms with van der Waals surface area (Å²) in [5.74, 6) is 0.530. The molecule has 0 saturated heterocycles. The zero-order valence-corrected chi connectivity index (χ0v) is 12.1. The maximum absolute atomic E-state index is 9.11. The van der Waals surface area contributed by atoms with Gasteiger partial charge in [-0.3, -0.25) is 0 Å². The molecule has 1 aromatic heterocycles. The highest BCUT2D eigenvalue weighted by Gasteiger charge is 2.13. The molecule has 3 nitrogen and oxygen atoms in total. The van der Waals surface area contributed by atoms with Gasteiger partial charge in [0.15, 0.2) is 0 Å². The van der Waals surface area contributed by atoms with E-state index in [1.807, 2.05) is 0 Å². The molecule has 1 atom stereocenters. The molecule has 1 unspecified atom stereocenters. The number of aryl methyl sites for hydroxylation is 1. The Morgan fingerprint density at radius 2 is 2.00 bits per heavy atom. The Hall–Kier alpha value is -1.32. The summed E-state index contributed by atoms with van der Waals surface area (Å²) in [4.78, 5) is 0. The second-order valence-electron chi connectivity index (χ2n) is 5.53. The molecule has 0 radical (unpaired) electrons. The van der Waals surface area contributed by atoms with Crippen molar-refractivity contribution < 1.29 is 5.11 Å². The average molecular weight is 260 g/mol. The lowest BCUT2D eigenvalue weighted by Gasteiger charge is -2.21. The van der Waals surface area contributed by atoms with Crippen LogP contribution in [0.1, 0.15) is 25.8 Å². The molecule has 0 bridgehead atoms. The first-order chi connectivity index (χ1) is 9.13. The third-order valence-corrected chi connectivity index (χ3v) is 3.78. The minimum absolute atomic E-state index is 0.241. The minimum Gasteiger partial charge on any atom is -0.396 e. The van der Waals surface area contributed by atoms with Gasteiger partial charge in [0, 0.05) is 43.3 Å². The quantitative estimate of drug-likeness (QED) is 0.838. The van der Waals surface area contributed by atoms with Gasteiger partial charge in [-0.15, -0.1) is 0 Å². The fourth-order valence-electron chi connectivity index (χ4n) is 2.62. The van der Waals surface area contributed by atoms with E-state index in [0.717, 1.165) is 13.0 Å². The second kappa shape index (κ2) is 6.22. The number of hydrogen-bond donors (Lipinski definition) is 2. The summed E-state index contributed by atoms with van der Waals surface area (Å²) in [6.07, 6.45) is 3.00. The minimum atomic E-state index is 0.241. The smallest absolute Gasteiger partial charge is 0.0481 e. The van der Waals surface area contributed by atoms with Gasteiger partial charge in [0.2, 0.25) is 0 Å². The third kappa shape index (κ3) is 3.17. The average Bonchev–Trinajstić information content (AvgIpc) is 2.72. The zero-order valence-electron chi connectivity index (χ0n) is 12.1. The molecular weight excluding hydrogens is 236 g/mol. The molecule has 0 spiro atoms. The molecule has 1 heterocycles. The molecule has 2 rings (SSSR count). The highest BCUT2D eigenvalue weighted by atomic mass is 16.3. The lowest BCUT2D eigenvalue weighted by molar-refractivity contribution is 0.244. The zero-order chi connectivity index (χ0) is 13.8. The summed E-state index contributed by atoms with van der Waals surface area (Å²) >= 11 is 0. The van der Waals surface area contributed by atoms with Gasteiger partial charge in [0.25, 0.3) is 0 Å². The van der Waals surface area contributed by atoms with E-state index >= 15 is 0 Å². The Labute approximate surface area is 115 Å². The van der Waals surface area contributed by atoms with Gasteiger partial charge in [-0.1, -0.05) is 32.0 Å². The molecule has 0 fully saturated rings. The fraction of sp³-hybridized carbons (Fsp3) is 0.500. The molecule has 0 amide bonds. The summed E-state index contributed by atoms with van der Waals surface area (Å²) in [5.41, 5.74) is 2.59. The van der Waals surface area contributed by atoms with Crippen LogP contribution in [0.25, 0.3) is 10.9 Å². The highest BCUT2D eigenvalue weighted by molar-refractivity contribution is 5.83. The fourth-order valence-corrected chi connectivity index (χ4v) is 2.62. The van der Waals surface area contributed by atoms with Crippen molar-refractivity contribution in [2.75, 3.05) is 6.61 Å². The Morgan fingerprint density at radius 3 is 2.68 bits per heavy atom. The SMILES string of the molecule is CC(C)C(CCO)NCc1cn(C)c2ccccc12. The molecule has 104 valence electrons. The molecular formula is C16H24N2O. The van der Waals surface area contributed by atoms with Gasteiger partial charge in [-0.25, -0.2) is 0 Å². The number of para-hydroxylation sites is 1. The highest BCUT2D eigenvalue weighted by Crippen LogP contribution is 2.20. The van der Waals surface area contributed by atoms with Crippen LogP contribution in [0, 0.1) is 5.92 Å². The van der Waals surface area contributed by atoms with E-state index in [2.05, 4.69) is 61.2 Å².